The van der Waals surface area contributed by atoms with Crippen LogP contribution >= 0.6 is 0 Å². The number of hydrogen-bond donors (Lipinski definition) is 0. The Labute approximate surface area is 122 Å². The van der Waals surface area contributed by atoms with Crippen LogP contribution in [0.15, 0.2) is 18.1 Å². The summed E-state index contributed by atoms with van der Waals surface area (Å²) in [4.78, 5) is 0. The van der Waals surface area contributed by atoms with Gasteiger partial charge in [0.05, 0.1) is 26.5 Å². The molecule has 2 rings (SSSR count). The molecule has 1 fully saturated rings. The number of benzene rings is 1. The lowest BCUT2D eigenvalue weighted by atomic mass is 9.78. The van der Waals surface area contributed by atoms with Gasteiger partial charge in [0.25, 0.3) is 0 Å². The molecule has 0 atom stereocenters. The van der Waals surface area contributed by atoms with E-state index in [9.17, 15) is 0 Å². The second-order valence-electron chi connectivity index (χ2n) is 5.18. The molecule has 3 nitrogen and oxygen atoms in total. The molecule has 0 saturated carbocycles. The quantitative estimate of drug-likeness (QED) is 0.761. The summed E-state index contributed by atoms with van der Waals surface area (Å²) >= 11 is 0. The van der Waals surface area contributed by atoms with Crippen molar-refractivity contribution < 1.29 is 26.4 Å². The van der Waals surface area contributed by atoms with Gasteiger partial charge in [0.2, 0.25) is 0 Å². The molecule has 0 N–H and O–H groups in total. The van der Waals surface area contributed by atoms with Crippen LogP contribution in [0.3, 0.4) is 0 Å². The lowest BCUT2D eigenvalue weighted by molar-refractivity contribution is 0.00578. The van der Waals surface area contributed by atoms with Gasteiger partial charge >= 0.3 is 7.12 Å². The summed E-state index contributed by atoms with van der Waals surface area (Å²) < 4.78 is 85.6. The Morgan fingerprint density at radius 1 is 1.22 bits per heavy atom. The minimum atomic E-state index is -3.00. The van der Waals surface area contributed by atoms with E-state index in [-0.39, 0.29) is 5.46 Å². The highest BCUT2D eigenvalue weighted by Gasteiger charge is 2.52. The SMILES string of the molecule is [2H]c1c([2H])c(C([2H])([2H])[2H])c([2H])c(OC([2H])([2H])[2H])c1B1OC(C)(C)C(C)(C)O1. The van der Waals surface area contributed by atoms with Gasteiger partial charge in [-0.1, -0.05) is 12.1 Å². The maximum atomic E-state index is 8.24. The molecule has 4 heteroatoms. The maximum absolute atomic E-state index is 8.24. The minimum absolute atomic E-state index is 0.284. The third kappa shape index (κ3) is 2.15. The number of hydrogen-bond acceptors (Lipinski definition) is 3. The molecule has 0 aromatic heterocycles. The second-order valence-corrected chi connectivity index (χ2v) is 5.18. The third-order valence-corrected chi connectivity index (χ3v) is 3.40. The van der Waals surface area contributed by atoms with Crippen LogP contribution in [-0.2, 0) is 9.31 Å². The molecule has 98 valence electrons. The zero-order chi connectivity index (χ0) is 21.2. The topological polar surface area (TPSA) is 27.7 Å². The van der Waals surface area contributed by atoms with Crippen LogP contribution in [0.1, 0.15) is 45.6 Å². The van der Waals surface area contributed by atoms with Gasteiger partial charge in [-0.2, -0.15) is 0 Å². The maximum Gasteiger partial charge on any atom is 0.498 e. The molecule has 0 aliphatic carbocycles. The van der Waals surface area contributed by atoms with Crippen molar-refractivity contribution in [3.05, 3.63) is 23.7 Å². The van der Waals surface area contributed by atoms with Gasteiger partial charge in [-0.3, -0.25) is 0 Å². The summed E-state index contributed by atoms with van der Waals surface area (Å²) in [6, 6.07) is -2.13. The normalized spacial score (nSPS) is 29.8. The molecule has 18 heavy (non-hydrogen) atoms. The van der Waals surface area contributed by atoms with E-state index in [2.05, 4.69) is 0 Å². The summed E-state index contributed by atoms with van der Waals surface area (Å²) in [5.41, 5.74) is -2.72. The van der Waals surface area contributed by atoms with Gasteiger partial charge in [-0.15, -0.1) is 0 Å². The fraction of sp³-hybridized carbons (Fsp3) is 0.571. The van der Waals surface area contributed by atoms with Gasteiger partial charge in [0, 0.05) is 9.58 Å². The molecule has 1 aromatic carbocycles. The molecular formula is C14H21BO3. The van der Waals surface area contributed by atoms with Gasteiger partial charge in [0.15, 0.2) is 0 Å². The van der Waals surface area contributed by atoms with Gasteiger partial charge < -0.3 is 14.0 Å². The molecule has 0 radical (unpaired) electrons. The second kappa shape index (κ2) is 4.28. The predicted octanol–water partition coefficient (Wildman–Crippen LogP) is 2.30. The van der Waals surface area contributed by atoms with Crippen LogP contribution in [0.4, 0.5) is 0 Å². The highest BCUT2D eigenvalue weighted by Crippen LogP contribution is 2.37. The van der Waals surface area contributed by atoms with Crippen LogP contribution in [-0.4, -0.2) is 25.4 Å². The first-order chi connectivity index (χ1) is 11.9. The Hall–Kier alpha value is -0.995. The van der Waals surface area contributed by atoms with Crippen molar-refractivity contribution in [3.8, 4) is 5.75 Å². The summed E-state index contributed by atoms with van der Waals surface area (Å²) in [6.07, 6.45) is 0. The van der Waals surface area contributed by atoms with Crippen molar-refractivity contribution in [1.82, 2.24) is 0 Å². The third-order valence-electron chi connectivity index (χ3n) is 3.40. The fourth-order valence-electron chi connectivity index (χ4n) is 1.61. The molecule has 0 unspecified atom stereocenters. The van der Waals surface area contributed by atoms with E-state index in [1.807, 2.05) is 0 Å². The largest absolute Gasteiger partial charge is 0.498 e. The Morgan fingerprint density at radius 3 is 2.44 bits per heavy atom. The average molecular weight is 257 g/mol. The van der Waals surface area contributed by atoms with Gasteiger partial charge in [-0.05, 0) is 46.2 Å². The molecule has 1 heterocycles. The van der Waals surface area contributed by atoms with E-state index in [0.717, 1.165) is 0 Å². The summed E-state index contributed by atoms with van der Waals surface area (Å²) in [5, 5.41) is 0. The van der Waals surface area contributed by atoms with E-state index in [1.165, 1.54) is 0 Å². The summed E-state index contributed by atoms with van der Waals surface area (Å²) in [5.74, 6) is -0.652. The number of methoxy groups -OCH3 is 1. The van der Waals surface area contributed by atoms with Crippen molar-refractivity contribution in [3.63, 3.8) is 0 Å². The Morgan fingerprint density at radius 2 is 1.89 bits per heavy atom. The number of rotatable bonds is 2. The Bertz CT molecular complexity index is 740. The zero-order valence-electron chi connectivity index (χ0n) is 19.8. The van der Waals surface area contributed by atoms with E-state index >= 15 is 0 Å². The molecule has 1 aliphatic rings. The Balaban J connectivity index is 2.78. The summed E-state index contributed by atoms with van der Waals surface area (Å²) in [6.45, 7) is 4.05. The van der Waals surface area contributed by atoms with E-state index in [1.54, 1.807) is 27.7 Å². The van der Waals surface area contributed by atoms with Crippen LogP contribution in [0.5, 0.6) is 5.75 Å². The zero-order valence-corrected chi connectivity index (χ0v) is 10.8. The standard InChI is InChI=1S/C14H21BO3/c1-10-7-8-11(12(9-10)16-6)15-17-13(2,3)14(4,5)18-15/h7-9H,1-6H3/i1D3,6D3,7D,8D,9D. The van der Waals surface area contributed by atoms with Crippen LogP contribution < -0.4 is 10.2 Å². The van der Waals surface area contributed by atoms with Crippen LogP contribution in [0, 0.1) is 6.85 Å². The van der Waals surface area contributed by atoms with Gasteiger partial charge in [0.1, 0.15) is 5.75 Å². The fourth-order valence-corrected chi connectivity index (χ4v) is 1.61. The lowest BCUT2D eigenvalue weighted by Crippen LogP contribution is -2.41. The molecule has 0 bridgehead atoms. The van der Waals surface area contributed by atoms with E-state index < -0.39 is 61.7 Å². The highest BCUT2D eigenvalue weighted by molar-refractivity contribution is 6.63. The lowest BCUT2D eigenvalue weighted by Gasteiger charge is -2.32. The molecule has 1 saturated heterocycles. The van der Waals surface area contributed by atoms with Crippen molar-refractivity contribution in [2.24, 2.45) is 0 Å². The molecular weight excluding hydrogens is 227 g/mol. The molecule has 1 aliphatic heterocycles. The molecule has 1 aromatic rings. The van der Waals surface area contributed by atoms with Crippen LogP contribution in [0.2, 0.25) is 0 Å². The highest BCUT2D eigenvalue weighted by atomic mass is 16.7. The van der Waals surface area contributed by atoms with Crippen molar-refractivity contribution in [2.45, 2.75) is 45.7 Å². The minimum Gasteiger partial charge on any atom is -0.497 e. The average Bonchev–Trinajstić information content (AvgIpc) is 2.61. The van der Waals surface area contributed by atoms with Crippen molar-refractivity contribution in [1.29, 1.82) is 0 Å². The number of ether oxygens (including phenoxy) is 1. The first-order valence-electron chi connectivity index (χ1n) is 10.1. The first kappa shape index (κ1) is 5.97. The smallest absolute Gasteiger partial charge is 0.497 e. The van der Waals surface area contributed by atoms with E-state index in [0.29, 0.717) is 0 Å². The Kier molecular flexibility index (Phi) is 1.42. The molecule has 0 spiro atoms. The summed E-state index contributed by atoms with van der Waals surface area (Å²) in [7, 11) is -4.30. The van der Waals surface area contributed by atoms with Gasteiger partial charge in [-0.25, -0.2) is 0 Å². The van der Waals surface area contributed by atoms with E-state index in [4.69, 9.17) is 26.4 Å². The monoisotopic (exact) mass is 257 g/mol. The van der Waals surface area contributed by atoms with Crippen molar-refractivity contribution >= 4 is 12.6 Å². The first-order valence-corrected chi connectivity index (χ1v) is 5.58. The van der Waals surface area contributed by atoms with Crippen LogP contribution in [0.25, 0.3) is 0 Å². The predicted molar refractivity (Wildman–Crippen MR) is 73.4 cm³/mol. The van der Waals surface area contributed by atoms with Crippen molar-refractivity contribution in [2.75, 3.05) is 7.04 Å². The molecule has 0 amide bonds.